The van der Waals surface area contributed by atoms with Crippen LogP contribution in [0, 0.1) is 0 Å². The first-order valence-corrected chi connectivity index (χ1v) is 5.69. The molecule has 0 aliphatic carbocycles. The molecule has 0 radical (unpaired) electrons. The molecule has 0 aliphatic rings. The summed E-state index contributed by atoms with van der Waals surface area (Å²) in [5.41, 5.74) is 0. The van der Waals surface area contributed by atoms with E-state index in [1.807, 2.05) is 0 Å². The summed E-state index contributed by atoms with van der Waals surface area (Å²) in [6.07, 6.45) is -0.376. The third-order valence-electron chi connectivity index (χ3n) is 2.36. The van der Waals surface area contributed by atoms with Crippen molar-refractivity contribution in [1.82, 2.24) is 0 Å². The Balaban J connectivity index is 2.09. The molecule has 2 rings (SSSR count). The van der Waals surface area contributed by atoms with Gasteiger partial charge in [-0.15, -0.1) is 0 Å². The topological polar surface area (TPSA) is 59.7 Å². The van der Waals surface area contributed by atoms with E-state index in [0.29, 0.717) is 16.5 Å². The van der Waals surface area contributed by atoms with Crippen LogP contribution in [-0.2, 0) is 0 Å². The molecule has 0 aliphatic heterocycles. The Bertz CT molecular complexity index is 544. The quantitative estimate of drug-likeness (QED) is 0.915. The van der Waals surface area contributed by atoms with Crippen LogP contribution >= 0.6 is 11.6 Å². The molecule has 1 atom stereocenters. The summed E-state index contributed by atoms with van der Waals surface area (Å²) in [4.78, 5) is 10.7. The summed E-state index contributed by atoms with van der Waals surface area (Å²) in [5.74, 6) is -0.0981. The molecule has 1 N–H and O–H groups in total. The third kappa shape index (κ3) is 2.84. The lowest BCUT2D eigenvalue weighted by atomic mass is 10.3. The molecule has 0 saturated carbocycles. The van der Waals surface area contributed by atoms with Crippen molar-refractivity contribution in [3.8, 4) is 5.75 Å². The lowest BCUT2D eigenvalue weighted by Gasteiger charge is -2.12. The first-order chi connectivity index (χ1) is 8.56. The number of hydrogen-bond acceptors (Lipinski definition) is 3. The number of carboxylic acids is 1. The molecule has 18 heavy (non-hydrogen) atoms. The SMILES string of the molecule is CC(Oc1ccc(Cl)cc1)c1ccc(C(=O)O)o1. The normalized spacial score (nSPS) is 12.1. The van der Waals surface area contributed by atoms with Crippen molar-refractivity contribution in [2.45, 2.75) is 13.0 Å². The fourth-order valence-corrected chi connectivity index (χ4v) is 1.59. The van der Waals surface area contributed by atoms with Gasteiger partial charge in [0.1, 0.15) is 11.5 Å². The Labute approximate surface area is 109 Å². The Morgan fingerprint density at radius 1 is 1.28 bits per heavy atom. The number of aromatic carboxylic acids is 1. The van der Waals surface area contributed by atoms with Crippen LogP contribution in [-0.4, -0.2) is 11.1 Å². The van der Waals surface area contributed by atoms with Gasteiger partial charge in [0.15, 0.2) is 6.10 Å². The number of furan rings is 1. The van der Waals surface area contributed by atoms with Gasteiger partial charge in [-0.2, -0.15) is 0 Å². The second-order valence-corrected chi connectivity index (χ2v) is 4.16. The standard InChI is InChI=1S/C13H11ClO4/c1-8(11-6-7-12(18-11)13(15)16)17-10-4-2-9(14)3-5-10/h2-8H,1H3,(H,15,16). The molecule has 0 spiro atoms. The van der Waals surface area contributed by atoms with Gasteiger partial charge >= 0.3 is 5.97 Å². The summed E-state index contributed by atoms with van der Waals surface area (Å²) < 4.78 is 10.8. The Morgan fingerprint density at radius 3 is 2.50 bits per heavy atom. The van der Waals surface area contributed by atoms with Gasteiger partial charge in [0.2, 0.25) is 5.76 Å². The van der Waals surface area contributed by atoms with Crippen LogP contribution in [0.5, 0.6) is 5.75 Å². The van der Waals surface area contributed by atoms with Crippen molar-refractivity contribution in [2.75, 3.05) is 0 Å². The summed E-state index contributed by atoms with van der Waals surface area (Å²) in [6, 6.07) is 9.89. The van der Waals surface area contributed by atoms with Crippen LogP contribution in [0.2, 0.25) is 5.02 Å². The van der Waals surface area contributed by atoms with Crippen LogP contribution in [0.3, 0.4) is 0 Å². The lowest BCUT2D eigenvalue weighted by molar-refractivity contribution is 0.0655. The zero-order chi connectivity index (χ0) is 13.1. The van der Waals surface area contributed by atoms with Gasteiger partial charge in [-0.25, -0.2) is 4.79 Å². The molecule has 1 aromatic heterocycles. The predicted molar refractivity (Wildman–Crippen MR) is 66.2 cm³/mol. The van der Waals surface area contributed by atoms with Crippen molar-refractivity contribution in [1.29, 1.82) is 0 Å². The van der Waals surface area contributed by atoms with Crippen molar-refractivity contribution in [2.24, 2.45) is 0 Å². The second kappa shape index (κ2) is 5.14. The fourth-order valence-electron chi connectivity index (χ4n) is 1.46. The van der Waals surface area contributed by atoms with Crippen molar-refractivity contribution in [3.63, 3.8) is 0 Å². The Kier molecular flexibility index (Phi) is 3.58. The van der Waals surface area contributed by atoms with Gasteiger partial charge < -0.3 is 14.3 Å². The van der Waals surface area contributed by atoms with Gasteiger partial charge in [-0.3, -0.25) is 0 Å². The number of rotatable bonds is 4. The summed E-state index contributed by atoms with van der Waals surface area (Å²) in [7, 11) is 0. The van der Waals surface area contributed by atoms with Crippen molar-refractivity contribution in [3.05, 3.63) is 52.9 Å². The first-order valence-electron chi connectivity index (χ1n) is 5.31. The number of halogens is 1. The van der Waals surface area contributed by atoms with E-state index < -0.39 is 5.97 Å². The Morgan fingerprint density at radius 2 is 1.94 bits per heavy atom. The lowest BCUT2D eigenvalue weighted by Crippen LogP contribution is -2.01. The van der Waals surface area contributed by atoms with E-state index in [-0.39, 0.29) is 11.9 Å². The van der Waals surface area contributed by atoms with Gasteiger partial charge in [-0.1, -0.05) is 11.6 Å². The highest BCUT2D eigenvalue weighted by Crippen LogP contribution is 2.24. The maximum atomic E-state index is 10.7. The second-order valence-electron chi connectivity index (χ2n) is 3.72. The van der Waals surface area contributed by atoms with E-state index in [1.54, 1.807) is 37.3 Å². The van der Waals surface area contributed by atoms with Crippen LogP contribution in [0.15, 0.2) is 40.8 Å². The van der Waals surface area contributed by atoms with Gasteiger partial charge in [0, 0.05) is 5.02 Å². The minimum absolute atomic E-state index is 0.100. The van der Waals surface area contributed by atoms with Crippen LogP contribution < -0.4 is 4.74 Å². The van der Waals surface area contributed by atoms with Crippen molar-refractivity contribution >= 4 is 17.6 Å². The van der Waals surface area contributed by atoms with E-state index in [1.165, 1.54) is 6.07 Å². The van der Waals surface area contributed by atoms with E-state index in [0.717, 1.165) is 0 Å². The largest absolute Gasteiger partial charge is 0.483 e. The number of hydrogen-bond donors (Lipinski definition) is 1. The maximum absolute atomic E-state index is 10.7. The molecule has 0 amide bonds. The highest BCUT2D eigenvalue weighted by molar-refractivity contribution is 6.30. The summed E-state index contributed by atoms with van der Waals surface area (Å²) in [5, 5.41) is 9.38. The molecule has 0 bridgehead atoms. The smallest absolute Gasteiger partial charge is 0.371 e. The van der Waals surface area contributed by atoms with E-state index in [9.17, 15) is 4.79 Å². The minimum Gasteiger partial charge on any atom is -0.483 e. The third-order valence-corrected chi connectivity index (χ3v) is 2.62. The first kappa shape index (κ1) is 12.5. The molecular weight excluding hydrogens is 256 g/mol. The maximum Gasteiger partial charge on any atom is 0.371 e. The van der Waals surface area contributed by atoms with Gasteiger partial charge in [0.25, 0.3) is 0 Å². The minimum atomic E-state index is -1.10. The van der Waals surface area contributed by atoms with E-state index >= 15 is 0 Å². The highest BCUT2D eigenvalue weighted by Gasteiger charge is 2.15. The van der Waals surface area contributed by atoms with Crippen LogP contribution in [0.1, 0.15) is 29.3 Å². The molecule has 94 valence electrons. The number of ether oxygens (including phenoxy) is 1. The zero-order valence-electron chi connectivity index (χ0n) is 9.59. The number of carboxylic acid groups (broad SMARTS) is 1. The zero-order valence-corrected chi connectivity index (χ0v) is 10.3. The molecule has 1 heterocycles. The van der Waals surface area contributed by atoms with Crippen molar-refractivity contribution < 1.29 is 19.1 Å². The van der Waals surface area contributed by atoms with Gasteiger partial charge in [-0.05, 0) is 43.3 Å². The van der Waals surface area contributed by atoms with E-state index in [4.69, 9.17) is 25.9 Å². The average molecular weight is 267 g/mol. The molecule has 4 nitrogen and oxygen atoms in total. The summed E-state index contributed by atoms with van der Waals surface area (Å²) in [6.45, 7) is 1.78. The fraction of sp³-hybridized carbons (Fsp3) is 0.154. The number of carbonyl (C=O) groups is 1. The molecule has 0 saturated heterocycles. The number of benzene rings is 1. The van der Waals surface area contributed by atoms with Crippen LogP contribution in [0.4, 0.5) is 0 Å². The van der Waals surface area contributed by atoms with Gasteiger partial charge in [0.05, 0.1) is 0 Å². The monoisotopic (exact) mass is 266 g/mol. The molecule has 0 fully saturated rings. The van der Waals surface area contributed by atoms with E-state index in [2.05, 4.69) is 0 Å². The molecule has 1 aromatic carbocycles. The highest BCUT2D eigenvalue weighted by atomic mass is 35.5. The Hall–Kier alpha value is -1.94. The molecule has 1 unspecified atom stereocenters. The molecule has 2 aromatic rings. The molecular formula is C13H11ClO4. The molecule has 5 heteroatoms. The predicted octanol–water partition coefficient (Wildman–Crippen LogP) is 3.77. The average Bonchev–Trinajstić information content (AvgIpc) is 2.81. The van der Waals surface area contributed by atoms with Crippen LogP contribution in [0.25, 0.3) is 0 Å². The summed E-state index contributed by atoms with van der Waals surface area (Å²) >= 11 is 5.76.